The van der Waals surface area contributed by atoms with E-state index in [1.54, 1.807) is 12.4 Å². The summed E-state index contributed by atoms with van der Waals surface area (Å²) in [4.78, 5) is 18.1. The molecule has 21 heavy (non-hydrogen) atoms. The third kappa shape index (κ3) is 4.11. The molecule has 2 aromatic rings. The number of nitrogens with two attached hydrogens (primary N) is 1. The first-order valence-electron chi connectivity index (χ1n) is 6.87. The summed E-state index contributed by atoms with van der Waals surface area (Å²) in [7, 11) is 1.92. The van der Waals surface area contributed by atoms with Gasteiger partial charge >= 0.3 is 0 Å². The summed E-state index contributed by atoms with van der Waals surface area (Å²) in [6.07, 6.45) is 4.40. The van der Waals surface area contributed by atoms with Gasteiger partial charge in [0.2, 0.25) is 0 Å². The van der Waals surface area contributed by atoms with E-state index in [0.29, 0.717) is 0 Å². The maximum absolute atomic E-state index is 12.1. The van der Waals surface area contributed by atoms with Crippen LogP contribution in [0, 0.1) is 0 Å². The molecule has 0 bridgehead atoms. The van der Waals surface area contributed by atoms with Gasteiger partial charge in [0, 0.05) is 18.9 Å². The molecular formula is C16H20N4O. The Kier molecular flexibility index (Phi) is 5.43. The summed E-state index contributed by atoms with van der Waals surface area (Å²) < 4.78 is 0. The number of nitrogens with zero attached hydrogens (tertiary/aromatic N) is 2. The zero-order chi connectivity index (χ0) is 15.1. The Morgan fingerprint density at radius 2 is 1.90 bits per heavy atom. The molecule has 1 atom stereocenters. The van der Waals surface area contributed by atoms with E-state index in [9.17, 15) is 4.79 Å². The van der Waals surface area contributed by atoms with Crippen LogP contribution in [0.4, 0.5) is 0 Å². The van der Waals surface area contributed by atoms with E-state index in [0.717, 1.165) is 18.5 Å². The minimum Gasteiger partial charge on any atom is -0.293 e. The standard InChI is InChI=1S/C16H20N4O/c1-20(12-9-13-7-10-18-11-8-13)15(16(21)19-17)14-5-3-2-4-6-14/h2-8,10-11,15H,9,12,17H2,1H3,(H,19,21). The lowest BCUT2D eigenvalue weighted by Gasteiger charge is -2.26. The lowest BCUT2D eigenvalue weighted by atomic mass is 10.0. The van der Waals surface area contributed by atoms with Gasteiger partial charge in [-0.15, -0.1) is 0 Å². The minimum atomic E-state index is -0.391. The van der Waals surface area contributed by atoms with Gasteiger partial charge in [-0.3, -0.25) is 20.1 Å². The highest BCUT2D eigenvalue weighted by Crippen LogP contribution is 2.19. The molecule has 2 rings (SSSR count). The van der Waals surface area contributed by atoms with Crippen LogP contribution in [0.5, 0.6) is 0 Å². The van der Waals surface area contributed by atoms with Crippen molar-refractivity contribution in [2.45, 2.75) is 12.5 Å². The SMILES string of the molecule is CN(CCc1ccncc1)C(C(=O)NN)c1ccccc1. The van der Waals surface area contributed by atoms with E-state index in [1.807, 2.05) is 54.4 Å². The predicted molar refractivity (Wildman–Crippen MR) is 82.1 cm³/mol. The smallest absolute Gasteiger partial charge is 0.255 e. The van der Waals surface area contributed by atoms with Crippen molar-refractivity contribution in [1.82, 2.24) is 15.3 Å². The van der Waals surface area contributed by atoms with Gasteiger partial charge < -0.3 is 0 Å². The summed E-state index contributed by atoms with van der Waals surface area (Å²) in [6, 6.07) is 13.2. The molecule has 110 valence electrons. The fraction of sp³-hybridized carbons (Fsp3) is 0.250. The van der Waals surface area contributed by atoms with Gasteiger partial charge in [-0.2, -0.15) is 0 Å². The number of carbonyl (C=O) groups is 1. The molecule has 0 aliphatic carbocycles. The molecule has 1 aromatic heterocycles. The summed E-state index contributed by atoms with van der Waals surface area (Å²) in [5, 5.41) is 0. The number of hydrazine groups is 1. The number of pyridine rings is 1. The lowest BCUT2D eigenvalue weighted by Crippen LogP contribution is -2.42. The molecule has 1 heterocycles. The second kappa shape index (κ2) is 7.52. The van der Waals surface area contributed by atoms with Gasteiger partial charge in [0.05, 0.1) is 0 Å². The zero-order valence-corrected chi connectivity index (χ0v) is 12.1. The first kappa shape index (κ1) is 15.2. The number of hydrogen-bond donors (Lipinski definition) is 2. The van der Waals surface area contributed by atoms with Crippen molar-refractivity contribution in [2.75, 3.05) is 13.6 Å². The Labute approximate surface area is 124 Å². The second-order valence-electron chi connectivity index (χ2n) is 4.91. The van der Waals surface area contributed by atoms with Gasteiger partial charge in [-0.05, 0) is 36.7 Å². The highest BCUT2D eigenvalue weighted by molar-refractivity contribution is 5.82. The van der Waals surface area contributed by atoms with Crippen molar-refractivity contribution in [1.29, 1.82) is 0 Å². The Balaban J connectivity index is 2.08. The van der Waals surface area contributed by atoms with E-state index in [4.69, 9.17) is 5.84 Å². The number of likely N-dealkylation sites (N-methyl/N-ethyl adjacent to an activating group) is 1. The topological polar surface area (TPSA) is 71.2 Å². The van der Waals surface area contributed by atoms with Crippen LogP contribution in [0.1, 0.15) is 17.2 Å². The molecule has 0 radical (unpaired) electrons. The minimum absolute atomic E-state index is 0.210. The van der Waals surface area contributed by atoms with Crippen molar-refractivity contribution in [3.05, 3.63) is 66.0 Å². The molecule has 0 aliphatic rings. The van der Waals surface area contributed by atoms with Gasteiger partial charge in [0.15, 0.2) is 0 Å². The largest absolute Gasteiger partial charge is 0.293 e. The average Bonchev–Trinajstić information content (AvgIpc) is 2.55. The number of aromatic nitrogens is 1. The maximum atomic E-state index is 12.1. The van der Waals surface area contributed by atoms with E-state index in [2.05, 4.69) is 10.4 Å². The average molecular weight is 284 g/mol. The molecule has 0 saturated carbocycles. The van der Waals surface area contributed by atoms with Crippen molar-refractivity contribution in [3.8, 4) is 0 Å². The highest BCUT2D eigenvalue weighted by atomic mass is 16.2. The first-order chi connectivity index (χ1) is 10.2. The third-order valence-corrected chi connectivity index (χ3v) is 3.45. The fourth-order valence-corrected chi connectivity index (χ4v) is 2.30. The van der Waals surface area contributed by atoms with Crippen LogP contribution in [0.25, 0.3) is 0 Å². The molecule has 1 amide bonds. The van der Waals surface area contributed by atoms with E-state index < -0.39 is 6.04 Å². The molecule has 0 aliphatic heterocycles. The van der Waals surface area contributed by atoms with Gasteiger partial charge in [-0.1, -0.05) is 30.3 Å². The Morgan fingerprint density at radius 3 is 2.52 bits per heavy atom. The number of nitrogens with one attached hydrogen (secondary N) is 1. The summed E-state index contributed by atoms with van der Waals surface area (Å²) >= 11 is 0. The predicted octanol–water partition coefficient (Wildman–Crippen LogP) is 1.29. The Bertz CT molecular complexity index is 559. The van der Waals surface area contributed by atoms with Crippen LogP contribution in [-0.4, -0.2) is 29.4 Å². The number of carbonyl (C=O) groups excluding carboxylic acids is 1. The summed E-state index contributed by atoms with van der Waals surface area (Å²) in [5.74, 6) is 5.11. The normalized spacial score (nSPS) is 12.1. The summed E-state index contributed by atoms with van der Waals surface area (Å²) in [5.41, 5.74) is 4.37. The molecule has 5 heteroatoms. The number of amides is 1. The summed E-state index contributed by atoms with van der Waals surface area (Å²) in [6.45, 7) is 0.747. The lowest BCUT2D eigenvalue weighted by molar-refractivity contribution is -0.126. The highest BCUT2D eigenvalue weighted by Gasteiger charge is 2.23. The van der Waals surface area contributed by atoms with Crippen molar-refractivity contribution < 1.29 is 4.79 Å². The molecular weight excluding hydrogens is 264 g/mol. The third-order valence-electron chi connectivity index (χ3n) is 3.45. The van der Waals surface area contributed by atoms with Crippen LogP contribution in [0.15, 0.2) is 54.9 Å². The van der Waals surface area contributed by atoms with Crippen LogP contribution in [-0.2, 0) is 11.2 Å². The monoisotopic (exact) mass is 284 g/mol. The van der Waals surface area contributed by atoms with Gasteiger partial charge in [0.25, 0.3) is 5.91 Å². The maximum Gasteiger partial charge on any atom is 0.255 e. The number of benzene rings is 1. The molecule has 5 nitrogen and oxygen atoms in total. The van der Waals surface area contributed by atoms with E-state index in [1.165, 1.54) is 5.56 Å². The molecule has 3 N–H and O–H groups in total. The molecule has 1 unspecified atom stereocenters. The van der Waals surface area contributed by atoms with Crippen LogP contribution < -0.4 is 11.3 Å². The van der Waals surface area contributed by atoms with Gasteiger partial charge in [-0.25, -0.2) is 5.84 Å². The number of rotatable bonds is 6. The number of hydrogen-bond acceptors (Lipinski definition) is 4. The van der Waals surface area contributed by atoms with E-state index in [-0.39, 0.29) is 5.91 Å². The Morgan fingerprint density at radius 1 is 1.24 bits per heavy atom. The van der Waals surface area contributed by atoms with Gasteiger partial charge in [0.1, 0.15) is 6.04 Å². The van der Waals surface area contributed by atoms with Crippen molar-refractivity contribution in [2.24, 2.45) is 5.84 Å². The van der Waals surface area contributed by atoms with Crippen LogP contribution in [0.3, 0.4) is 0 Å². The van der Waals surface area contributed by atoms with Crippen molar-refractivity contribution >= 4 is 5.91 Å². The molecule has 0 saturated heterocycles. The molecule has 0 fully saturated rings. The zero-order valence-electron chi connectivity index (χ0n) is 12.1. The van der Waals surface area contributed by atoms with Crippen molar-refractivity contribution in [3.63, 3.8) is 0 Å². The van der Waals surface area contributed by atoms with E-state index >= 15 is 0 Å². The first-order valence-corrected chi connectivity index (χ1v) is 6.87. The Hall–Kier alpha value is -2.24. The van der Waals surface area contributed by atoms with Crippen LogP contribution >= 0.6 is 0 Å². The molecule has 1 aromatic carbocycles. The second-order valence-corrected chi connectivity index (χ2v) is 4.91. The molecule has 0 spiro atoms. The fourth-order valence-electron chi connectivity index (χ4n) is 2.30. The van der Waals surface area contributed by atoms with Crippen LogP contribution in [0.2, 0.25) is 0 Å². The quantitative estimate of drug-likeness (QED) is 0.476.